The summed E-state index contributed by atoms with van der Waals surface area (Å²) in [5.41, 5.74) is 9.32. The molecule has 2 heterocycles. The number of piperidine rings is 1. The summed E-state index contributed by atoms with van der Waals surface area (Å²) in [5, 5.41) is 0. The number of nitrogens with zero attached hydrogens (tertiary/aromatic N) is 2. The molecule has 0 unspecified atom stereocenters. The molecule has 4 nitrogen and oxygen atoms in total. The van der Waals surface area contributed by atoms with Crippen molar-refractivity contribution in [2.45, 2.75) is 31.3 Å². The normalized spacial score (nSPS) is 20.8. The summed E-state index contributed by atoms with van der Waals surface area (Å²) in [5.74, 6) is -0.263. The van der Waals surface area contributed by atoms with Crippen LogP contribution >= 0.6 is 0 Å². The fourth-order valence-corrected chi connectivity index (χ4v) is 4.05. The van der Waals surface area contributed by atoms with Crippen molar-refractivity contribution in [3.8, 4) is 0 Å². The van der Waals surface area contributed by atoms with Crippen LogP contribution in [0.5, 0.6) is 0 Å². The monoisotopic (exact) mass is 353 g/mol. The van der Waals surface area contributed by atoms with Gasteiger partial charge in [-0.15, -0.1) is 0 Å². The third-order valence-electron chi connectivity index (χ3n) is 5.52. The lowest BCUT2D eigenvalue weighted by atomic mass is 9.88. The minimum Gasteiger partial charge on any atom is -0.328 e. The maximum Gasteiger partial charge on any atom is 0.320 e. The van der Waals surface area contributed by atoms with Gasteiger partial charge in [-0.05, 0) is 48.1 Å². The van der Waals surface area contributed by atoms with E-state index in [0.717, 1.165) is 30.4 Å². The van der Waals surface area contributed by atoms with Crippen LogP contribution in [-0.4, -0.2) is 41.5 Å². The summed E-state index contributed by atoms with van der Waals surface area (Å²) in [6.07, 6.45) is 2.53. The number of amides is 2. The second-order valence-electron chi connectivity index (χ2n) is 7.20. The minimum absolute atomic E-state index is 0.0562. The lowest BCUT2D eigenvalue weighted by Crippen LogP contribution is -2.51. The zero-order valence-corrected chi connectivity index (χ0v) is 14.8. The highest BCUT2D eigenvalue weighted by Gasteiger charge is 2.35. The van der Waals surface area contributed by atoms with Crippen molar-refractivity contribution in [1.29, 1.82) is 0 Å². The van der Waals surface area contributed by atoms with Crippen molar-refractivity contribution < 1.29 is 9.18 Å². The van der Waals surface area contributed by atoms with Crippen LogP contribution in [0.2, 0.25) is 0 Å². The van der Waals surface area contributed by atoms with Crippen LogP contribution in [-0.2, 0) is 6.42 Å². The molecule has 1 fully saturated rings. The van der Waals surface area contributed by atoms with E-state index in [1.54, 1.807) is 12.1 Å². The van der Waals surface area contributed by atoms with Gasteiger partial charge < -0.3 is 15.5 Å². The highest BCUT2D eigenvalue weighted by Crippen LogP contribution is 2.36. The third kappa shape index (κ3) is 3.19. The number of rotatable bonds is 1. The van der Waals surface area contributed by atoms with E-state index in [-0.39, 0.29) is 23.9 Å². The van der Waals surface area contributed by atoms with Crippen LogP contribution in [0.1, 0.15) is 35.6 Å². The number of carbonyl (C=O) groups is 1. The second-order valence-corrected chi connectivity index (χ2v) is 7.20. The Morgan fingerprint density at radius 1 is 1.00 bits per heavy atom. The predicted molar refractivity (Wildman–Crippen MR) is 99.3 cm³/mol. The first kappa shape index (κ1) is 17.0. The lowest BCUT2D eigenvalue weighted by molar-refractivity contribution is 0.126. The number of nitrogens with two attached hydrogens (primary N) is 1. The van der Waals surface area contributed by atoms with Crippen LogP contribution in [0.15, 0.2) is 48.5 Å². The van der Waals surface area contributed by atoms with Crippen molar-refractivity contribution in [2.24, 2.45) is 5.73 Å². The first-order valence-electron chi connectivity index (χ1n) is 9.28. The van der Waals surface area contributed by atoms with Gasteiger partial charge in [0.2, 0.25) is 0 Å². The smallest absolute Gasteiger partial charge is 0.320 e. The zero-order chi connectivity index (χ0) is 18.1. The number of benzene rings is 2. The van der Waals surface area contributed by atoms with Gasteiger partial charge in [0.05, 0.1) is 6.04 Å². The van der Waals surface area contributed by atoms with Gasteiger partial charge >= 0.3 is 6.03 Å². The molecule has 2 aromatic rings. The molecular weight excluding hydrogens is 329 g/mol. The molecule has 4 rings (SSSR count). The molecule has 1 saturated heterocycles. The SMILES string of the molecule is NC1CCN(C(=O)N2CCc3ccccc3[C@@H]2c2ccc(F)cc2)CC1. The first-order chi connectivity index (χ1) is 12.6. The molecule has 0 bridgehead atoms. The molecule has 0 spiro atoms. The number of hydrogen-bond acceptors (Lipinski definition) is 2. The van der Waals surface area contributed by atoms with E-state index >= 15 is 0 Å². The Labute approximate surface area is 153 Å². The van der Waals surface area contributed by atoms with Crippen LogP contribution in [0.4, 0.5) is 9.18 Å². The quantitative estimate of drug-likeness (QED) is 0.855. The molecule has 1 atom stereocenters. The summed E-state index contributed by atoms with van der Waals surface area (Å²) < 4.78 is 13.4. The molecule has 2 amide bonds. The number of fused-ring (bicyclic) bond motifs is 1. The minimum atomic E-state index is -0.263. The Morgan fingerprint density at radius 3 is 2.42 bits per heavy atom. The van der Waals surface area contributed by atoms with Gasteiger partial charge in [0.15, 0.2) is 0 Å². The van der Waals surface area contributed by atoms with E-state index in [0.29, 0.717) is 19.6 Å². The lowest BCUT2D eigenvalue weighted by Gasteiger charge is -2.42. The van der Waals surface area contributed by atoms with Crippen molar-refractivity contribution in [3.05, 3.63) is 71.0 Å². The van der Waals surface area contributed by atoms with Crippen LogP contribution in [0.3, 0.4) is 0 Å². The molecule has 136 valence electrons. The van der Waals surface area contributed by atoms with E-state index in [1.165, 1.54) is 17.7 Å². The topological polar surface area (TPSA) is 49.6 Å². The van der Waals surface area contributed by atoms with Gasteiger partial charge in [-0.25, -0.2) is 9.18 Å². The largest absolute Gasteiger partial charge is 0.328 e. The van der Waals surface area contributed by atoms with Crippen molar-refractivity contribution >= 4 is 6.03 Å². The molecule has 2 aromatic carbocycles. The summed E-state index contributed by atoms with van der Waals surface area (Å²) in [4.78, 5) is 17.1. The van der Waals surface area contributed by atoms with Crippen molar-refractivity contribution in [1.82, 2.24) is 9.80 Å². The van der Waals surface area contributed by atoms with Crippen LogP contribution in [0.25, 0.3) is 0 Å². The number of urea groups is 1. The molecule has 5 heteroatoms. The van der Waals surface area contributed by atoms with E-state index in [2.05, 4.69) is 12.1 Å². The maximum absolute atomic E-state index is 13.4. The summed E-state index contributed by atoms with van der Waals surface area (Å²) in [7, 11) is 0. The summed E-state index contributed by atoms with van der Waals surface area (Å²) in [6, 6.07) is 14.8. The van der Waals surface area contributed by atoms with Crippen LogP contribution in [0, 0.1) is 5.82 Å². The first-order valence-corrected chi connectivity index (χ1v) is 9.28. The van der Waals surface area contributed by atoms with E-state index in [1.807, 2.05) is 21.9 Å². The van der Waals surface area contributed by atoms with Gasteiger partial charge in [-0.3, -0.25) is 0 Å². The van der Waals surface area contributed by atoms with Gasteiger partial charge in [-0.2, -0.15) is 0 Å². The highest BCUT2D eigenvalue weighted by atomic mass is 19.1. The van der Waals surface area contributed by atoms with E-state index < -0.39 is 0 Å². The molecule has 2 aliphatic rings. The Morgan fingerprint density at radius 2 is 1.69 bits per heavy atom. The average Bonchev–Trinajstić information content (AvgIpc) is 2.68. The summed E-state index contributed by atoms with van der Waals surface area (Å²) >= 11 is 0. The van der Waals surface area contributed by atoms with Gasteiger partial charge in [0.1, 0.15) is 5.82 Å². The van der Waals surface area contributed by atoms with Gasteiger partial charge in [-0.1, -0.05) is 36.4 Å². The molecule has 2 aliphatic heterocycles. The predicted octanol–water partition coefficient (Wildman–Crippen LogP) is 3.32. The Balaban J connectivity index is 1.68. The van der Waals surface area contributed by atoms with Gasteiger partial charge in [0.25, 0.3) is 0 Å². The molecular formula is C21H24FN3O. The zero-order valence-electron chi connectivity index (χ0n) is 14.8. The van der Waals surface area contributed by atoms with Crippen molar-refractivity contribution in [2.75, 3.05) is 19.6 Å². The fraction of sp³-hybridized carbons (Fsp3) is 0.381. The standard InChI is InChI=1S/C21H24FN3O/c22-17-7-5-16(6-8-17)20-19-4-2-1-3-15(19)9-14-25(20)21(26)24-12-10-18(23)11-13-24/h1-8,18,20H,9-14,23H2/t20-/m0/s1. The molecule has 0 aromatic heterocycles. The van der Waals surface area contributed by atoms with Gasteiger partial charge in [0, 0.05) is 25.7 Å². The number of hydrogen-bond donors (Lipinski definition) is 1. The molecule has 0 radical (unpaired) electrons. The second kappa shape index (κ2) is 7.08. The van der Waals surface area contributed by atoms with Crippen molar-refractivity contribution in [3.63, 3.8) is 0 Å². The molecule has 0 saturated carbocycles. The Bertz CT molecular complexity index is 784. The average molecular weight is 353 g/mol. The molecule has 26 heavy (non-hydrogen) atoms. The Kier molecular flexibility index (Phi) is 4.64. The highest BCUT2D eigenvalue weighted by molar-refractivity contribution is 5.76. The summed E-state index contributed by atoms with van der Waals surface area (Å²) in [6.45, 7) is 2.07. The maximum atomic E-state index is 13.4. The van der Waals surface area contributed by atoms with Crippen LogP contribution < -0.4 is 5.73 Å². The number of likely N-dealkylation sites (tertiary alicyclic amines) is 1. The Hall–Kier alpha value is -2.40. The molecule has 2 N–H and O–H groups in total. The number of carbonyl (C=O) groups excluding carboxylic acids is 1. The fourth-order valence-electron chi connectivity index (χ4n) is 4.05. The molecule has 0 aliphatic carbocycles. The van der Waals surface area contributed by atoms with E-state index in [4.69, 9.17) is 5.73 Å². The number of halogens is 1. The van der Waals surface area contributed by atoms with E-state index in [9.17, 15) is 9.18 Å². The third-order valence-corrected chi connectivity index (χ3v) is 5.52.